The van der Waals surface area contributed by atoms with Gasteiger partial charge in [-0.05, 0) is 17.9 Å². The molecule has 14 heavy (non-hydrogen) atoms. The zero-order valence-electron chi connectivity index (χ0n) is 8.01. The minimum absolute atomic E-state index is 0.0570. The zero-order chi connectivity index (χ0) is 9.97. The molecule has 74 valence electrons. The van der Waals surface area contributed by atoms with Crippen LogP contribution in [0, 0.1) is 0 Å². The normalized spacial score (nSPS) is 10.6. The van der Waals surface area contributed by atoms with Crippen LogP contribution in [-0.2, 0) is 20.0 Å². The second kappa shape index (κ2) is 3.84. The van der Waals surface area contributed by atoms with Crippen molar-refractivity contribution >= 4 is 11.3 Å². The Balaban J connectivity index is 2.06. The van der Waals surface area contributed by atoms with Gasteiger partial charge in [0.05, 0.1) is 0 Å². The highest BCUT2D eigenvalue weighted by Crippen LogP contribution is 2.09. The number of imidazole rings is 1. The first kappa shape index (κ1) is 9.27. The molecule has 0 N–H and O–H groups in total. The van der Waals surface area contributed by atoms with Crippen molar-refractivity contribution < 1.29 is 0 Å². The van der Waals surface area contributed by atoms with Crippen LogP contribution >= 0.6 is 11.3 Å². The highest BCUT2D eigenvalue weighted by atomic mass is 32.1. The minimum Gasteiger partial charge on any atom is -0.302 e. The quantitative estimate of drug-likeness (QED) is 0.750. The Kier molecular flexibility index (Phi) is 2.54. The Labute approximate surface area is 86.2 Å². The molecular formula is C10H12N2OS. The third kappa shape index (κ3) is 1.80. The van der Waals surface area contributed by atoms with E-state index in [0.29, 0.717) is 0 Å². The summed E-state index contributed by atoms with van der Waals surface area (Å²) in [6, 6.07) is 4.13. The predicted molar refractivity (Wildman–Crippen MR) is 57.7 cm³/mol. The van der Waals surface area contributed by atoms with E-state index in [4.69, 9.17) is 0 Å². The molecule has 0 spiro atoms. The van der Waals surface area contributed by atoms with Gasteiger partial charge in [0, 0.05) is 30.9 Å². The van der Waals surface area contributed by atoms with Gasteiger partial charge in [0.1, 0.15) is 0 Å². The fourth-order valence-electron chi connectivity index (χ4n) is 1.37. The fraction of sp³-hybridized carbons (Fsp3) is 0.300. The van der Waals surface area contributed by atoms with E-state index in [9.17, 15) is 4.79 Å². The molecular weight excluding hydrogens is 196 g/mol. The molecule has 2 heterocycles. The summed E-state index contributed by atoms with van der Waals surface area (Å²) >= 11 is 1.73. The maximum atomic E-state index is 11.5. The Morgan fingerprint density at radius 1 is 1.43 bits per heavy atom. The molecule has 0 bridgehead atoms. The highest BCUT2D eigenvalue weighted by Gasteiger charge is 2.00. The summed E-state index contributed by atoms with van der Waals surface area (Å²) in [4.78, 5) is 12.8. The second-order valence-corrected chi connectivity index (χ2v) is 4.25. The van der Waals surface area contributed by atoms with Crippen molar-refractivity contribution in [1.29, 1.82) is 0 Å². The number of rotatable bonds is 3. The van der Waals surface area contributed by atoms with Crippen molar-refractivity contribution in [3.05, 3.63) is 45.3 Å². The summed E-state index contributed by atoms with van der Waals surface area (Å²) in [7, 11) is 1.77. The van der Waals surface area contributed by atoms with Crippen LogP contribution < -0.4 is 5.69 Å². The van der Waals surface area contributed by atoms with Crippen LogP contribution in [-0.4, -0.2) is 9.13 Å². The summed E-state index contributed by atoms with van der Waals surface area (Å²) in [5.74, 6) is 0. The summed E-state index contributed by atoms with van der Waals surface area (Å²) in [5.41, 5.74) is 0.0570. The van der Waals surface area contributed by atoms with Gasteiger partial charge in [0.25, 0.3) is 0 Å². The molecule has 0 radical (unpaired) electrons. The first-order valence-corrected chi connectivity index (χ1v) is 5.39. The fourth-order valence-corrected chi connectivity index (χ4v) is 2.06. The van der Waals surface area contributed by atoms with Gasteiger partial charge in [-0.2, -0.15) is 0 Å². The second-order valence-electron chi connectivity index (χ2n) is 3.21. The maximum absolute atomic E-state index is 11.5. The van der Waals surface area contributed by atoms with Crippen LogP contribution in [0.3, 0.4) is 0 Å². The number of nitrogens with zero attached hydrogens (tertiary/aromatic N) is 2. The van der Waals surface area contributed by atoms with Gasteiger partial charge in [-0.3, -0.25) is 4.57 Å². The standard InChI is InChI=1S/C10H12N2OS/c1-11-6-7-12(10(11)13)5-4-9-3-2-8-14-9/h2-3,6-8H,4-5H2,1H3. The molecule has 0 fully saturated rings. The van der Waals surface area contributed by atoms with Crippen LogP contribution in [0.25, 0.3) is 0 Å². The average Bonchev–Trinajstić information content (AvgIpc) is 2.77. The topological polar surface area (TPSA) is 26.9 Å². The van der Waals surface area contributed by atoms with Gasteiger partial charge in [-0.1, -0.05) is 6.07 Å². The molecule has 0 amide bonds. The largest absolute Gasteiger partial charge is 0.327 e. The van der Waals surface area contributed by atoms with Crippen LogP contribution in [0.2, 0.25) is 0 Å². The van der Waals surface area contributed by atoms with Gasteiger partial charge in [-0.15, -0.1) is 11.3 Å². The summed E-state index contributed by atoms with van der Waals surface area (Å²) in [6.45, 7) is 0.764. The number of hydrogen-bond acceptors (Lipinski definition) is 2. The van der Waals surface area contributed by atoms with Crippen molar-refractivity contribution in [3.63, 3.8) is 0 Å². The first-order chi connectivity index (χ1) is 6.77. The van der Waals surface area contributed by atoms with Gasteiger partial charge >= 0.3 is 5.69 Å². The molecule has 4 heteroatoms. The molecule has 0 unspecified atom stereocenters. The smallest absolute Gasteiger partial charge is 0.302 e. The Morgan fingerprint density at radius 3 is 2.86 bits per heavy atom. The van der Waals surface area contributed by atoms with Gasteiger partial charge in [0.2, 0.25) is 0 Å². The molecule has 0 aliphatic carbocycles. The van der Waals surface area contributed by atoms with E-state index in [-0.39, 0.29) is 5.69 Å². The first-order valence-electron chi connectivity index (χ1n) is 4.51. The van der Waals surface area contributed by atoms with Crippen LogP contribution in [0.4, 0.5) is 0 Å². The third-order valence-corrected chi connectivity index (χ3v) is 3.13. The predicted octanol–water partition coefficient (Wildman–Crippen LogP) is 1.49. The van der Waals surface area contributed by atoms with Crippen molar-refractivity contribution in [2.24, 2.45) is 7.05 Å². The lowest BCUT2D eigenvalue weighted by Gasteiger charge is -1.98. The summed E-state index contributed by atoms with van der Waals surface area (Å²) in [6.07, 6.45) is 4.55. The van der Waals surface area contributed by atoms with Crippen LogP contribution in [0.5, 0.6) is 0 Å². The minimum atomic E-state index is 0.0570. The van der Waals surface area contributed by atoms with Crippen molar-refractivity contribution in [3.8, 4) is 0 Å². The molecule has 0 saturated heterocycles. The Hall–Kier alpha value is -1.29. The Morgan fingerprint density at radius 2 is 2.29 bits per heavy atom. The summed E-state index contributed by atoms with van der Waals surface area (Å²) in [5, 5.41) is 2.06. The summed E-state index contributed by atoms with van der Waals surface area (Å²) < 4.78 is 3.33. The van der Waals surface area contributed by atoms with E-state index in [0.717, 1.165) is 13.0 Å². The van der Waals surface area contributed by atoms with Gasteiger partial charge in [-0.25, -0.2) is 4.79 Å². The van der Waals surface area contributed by atoms with Gasteiger partial charge in [0.15, 0.2) is 0 Å². The molecule has 3 nitrogen and oxygen atoms in total. The molecule has 0 saturated carbocycles. The molecule has 0 aliphatic rings. The van der Waals surface area contributed by atoms with Crippen molar-refractivity contribution in [1.82, 2.24) is 9.13 Å². The SMILES string of the molecule is Cn1ccn(CCc2cccs2)c1=O. The number of thiophene rings is 1. The third-order valence-electron chi connectivity index (χ3n) is 2.20. The van der Waals surface area contributed by atoms with E-state index in [1.807, 2.05) is 12.3 Å². The molecule has 2 aromatic rings. The zero-order valence-corrected chi connectivity index (χ0v) is 8.83. The van der Waals surface area contributed by atoms with Crippen LogP contribution in [0.15, 0.2) is 34.7 Å². The van der Waals surface area contributed by atoms with E-state index in [1.165, 1.54) is 4.88 Å². The van der Waals surface area contributed by atoms with E-state index in [2.05, 4.69) is 11.4 Å². The van der Waals surface area contributed by atoms with E-state index >= 15 is 0 Å². The number of aromatic nitrogens is 2. The van der Waals surface area contributed by atoms with Crippen molar-refractivity contribution in [2.45, 2.75) is 13.0 Å². The number of aryl methyl sites for hydroxylation is 3. The maximum Gasteiger partial charge on any atom is 0.327 e. The monoisotopic (exact) mass is 208 g/mol. The molecule has 0 atom stereocenters. The lowest BCUT2D eigenvalue weighted by atomic mass is 10.3. The highest BCUT2D eigenvalue weighted by molar-refractivity contribution is 7.09. The Bertz CT molecular complexity index is 453. The lowest BCUT2D eigenvalue weighted by molar-refractivity contribution is 0.653. The molecule has 0 aromatic carbocycles. The lowest BCUT2D eigenvalue weighted by Crippen LogP contribution is -2.22. The molecule has 2 aromatic heterocycles. The average molecular weight is 208 g/mol. The van der Waals surface area contributed by atoms with Gasteiger partial charge < -0.3 is 4.57 Å². The van der Waals surface area contributed by atoms with Crippen LogP contribution in [0.1, 0.15) is 4.88 Å². The molecule has 2 rings (SSSR count). The number of hydrogen-bond donors (Lipinski definition) is 0. The van der Waals surface area contributed by atoms with E-state index in [1.54, 1.807) is 33.7 Å². The van der Waals surface area contributed by atoms with Crippen molar-refractivity contribution in [2.75, 3.05) is 0 Å². The van der Waals surface area contributed by atoms with E-state index < -0.39 is 0 Å². The molecule has 0 aliphatic heterocycles.